The molecule has 0 spiro atoms. The monoisotopic (exact) mass is 287 g/mol. The minimum Gasteiger partial charge on any atom is -0.378 e. The molecule has 1 aromatic rings. The number of rotatable bonds is 4. The van der Waals surface area contributed by atoms with Gasteiger partial charge in [0.1, 0.15) is 0 Å². The zero-order valence-corrected chi connectivity index (χ0v) is 12.2. The molecule has 1 unspecified atom stereocenters. The normalized spacial score (nSPS) is 21.5. The van der Waals surface area contributed by atoms with E-state index in [1.807, 2.05) is 12.1 Å². The fraction of sp³-hybridized carbons (Fsp3) is 0.529. The Morgan fingerprint density at radius 3 is 3.05 bits per heavy atom. The molecule has 1 aromatic carbocycles. The molecule has 0 aromatic heterocycles. The molecule has 0 saturated carbocycles. The maximum absolute atomic E-state index is 12.3. The molecule has 1 fully saturated rings. The molecule has 21 heavy (non-hydrogen) atoms. The van der Waals surface area contributed by atoms with Gasteiger partial charge in [0.15, 0.2) is 5.78 Å². The Labute approximate surface area is 124 Å². The van der Waals surface area contributed by atoms with Gasteiger partial charge in [-0.1, -0.05) is 12.1 Å². The van der Waals surface area contributed by atoms with Gasteiger partial charge in [0.25, 0.3) is 5.91 Å². The summed E-state index contributed by atoms with van der Waals surface area (Å²) in [6, 6.07) is 5.51. The van der Waals surface area contributed by atoms with Crippen molar-refractivity contribution in [1.29, 1.82) is 0 Å². The van der Waals surface area contributed by atoms with Gasteiger partial charge in [-0.05, 0) is 43.7 Å². The number of fused-ring (bicyclic) bond motifs is 1. The third-order valence-corrected chi connectivity index (χ3v) is 4.32. The molecule has 0 aliphatic carbocycles. The zero-order valence-electron chi connectivity index (χ0n) is 12.2. The van der Waals surface area contributed by atoms with Gasteiger partial charge in [-0.2, -0.15) is 0 Å². The molecule has 112 valence electrons. The number of ketones is 1. The van der Waals surface area contributed by atoms with Crippen molar-refractivity contribution in [1.82, 2.24) is 5.32 Å². The van der Waals surface area contributed by atoms with E-state index in [1.165, 1.54) is 6.42 Å². The van der Waals surface area contributed by atoms with Crippen molar-refractivity contribution in [3.8, 4) is 0 Å². The summed E-state index contributed by atoms with van der Waals surface area (Å²) in [5.74, 6) is 0.0341. The second kappa shape index (κ2) is 6.39. The van der Waals surface area contributed by atoms with Crippen LogP contribution in [0.4, 0.5) is 0 Å². The fourth-order valence-electron chi connectivity index (χ4n) is 3.06. The first-order valence-electron chi connectivity index (χ1n) is 7.80. The molecule has 4 heteroatoms. The SMILES string of the molecule is O=C(CCC1CCCCO1)c1ccc2c(c1)C(=O)NCC2. The van der Waals surface area contributed by atoms with E-state index in [2.05, 4.69) is 5.32 Å². The van der Waals surface area contributed by atoms with Gasteiger partial charge in [0.2, 0.25) is 0 Å². The first-order valence-corrected chi connectivity index (χ1v) is 7.80. The second-order valence-corrected chi connectivity index (χ2v) is 5.83. The van der Waals surface area contributed by atoms with Gasteiger partial charge in [-0.15, -0.1) is 0 Å². The van der Waals surface area contributed by atoms with Crippen molar-refractivity contribution in [2.75, 3.05) is 13.2 Å². The molecule has 4 nitrogen and oxygen atoms in total. The molecule has 1 N–H and O–H groups in total. The lowest BCUT2D eigenvalue weighted by molar-refractivity contribution is 0.0104. The maximum Gasteiger partial charge on any atom is 0.251 e. The Hall–Kier alpha value is -1.68. The number of benzene rings is 1. The summed E-state index contributed by atoms with van der Waals surface area (Å²) in [4.78, 5) is 24.1. The van der Waals surface area contributed by atoms with Gasteiger partial charge in [0.05, 0.1) is 6.10 Å². The molecule has 2 heterocycles. The minimum atomic E-state index is -0.0680. The van der Waals surface area contributed by atoms with Gasteiger partial charge in [0, 0.05) is 30.7 Å². The van der Waals surface area contributed by atoms with Crippen LogP contribution in [-0.4, -0.2) is 30.9 Å². The zero-order chi connectivity index (χ0) is 14.7. The number of nitrogens with one attached hydrogen (secondary N) is 1. The number of carbonyl (C=O) groups is 2. The number of amides is 1. The molecule has 2 aliphatic heterocycles. The van der Waals surface area contributed by atoms with Crippen LogP contribution in [-0.2, 0) is 11.2 Å². The summed E-state index contributed by atoms with van der Waals surface area (Å²) in [6.45, 7) is 1.50. The van der Waals surface area contributed by atoms with E-state index >= 15 is 0 Å². The van der Waals surface area contributed by atoms with Crippen LogP contribution in [0.3, 0.4) is 0 Å². The standard InChI is InChI=1S/C17H21NO3/c19-16(7-6-14-3-1-2-10-21-14)13-5-4-12-8-9-18-17(20)15(12)11-13/h4-5,11,14H,1-3,6-10H2,(H,18,20). The van der Waals surface area contributed by atoms with E-state index in [4.69, 9.17) is 4.74 Å². The van der Waals surface area contributed by atoms with Crippen molar-refractivity contribution < 1.29 is 14.3 Å². The lowest BCUT2D eigenvalue weighted by Crippen LogP contribution is -2.32. The summed E-state index contributed by atoms with van der Waals surface area (Å²) in [5, 5.41) is 2.82. The van der Waals surface area contributed by atoms with E-state index in [9.17, 15) is 9.59 Å². The molecule has 1 atom stereocenters. The summed E-state index contributed by atoms with van der Waals surface area (Å²) in [5.41, 5.74) is 2.33. The molecule has 0 radical (unpaired) electrons. The minimum absolute atomic E-state index is 0.0680. The van der Waals surface area contributed by atoms with E-state index in [0.29, 0.717) is 24.1 Å². The van der Waals surface area contributed by atoms with Crippen LogP contribution >= 0.6 is 0 Å². The Morgan fingerprint density at radius 1 is 1.33 bits per heavy atom. The summed E-state index contributed by atoms with van der Waals surface area (Å²) >= 11 is 0. The lowest BCUT2D eigenvalue weighted by Gasteiger charge is -2.22. The summed E-state index contributed by atoms with van der Waals surface area (Å²) < 4.78 is 5.66. The predicted molar refractivity (Wildman–Crippen MR) is 79.6 cm³/mol. The molecular weight excluding hydrogens is 266 g/mol. The van der Waals surface area contributed by atoms with Crippen LogP contribution in [0.15, 0.2) is 18.2 Å². The van der Waals surface area contributed by atoms with Crippen LogP contribution in [0.1, 0.15) is 58.4 Å². The van der Waals surface area contributed by atoms with Crippen LogP contribution < -0.4 is 5.32 Å². The average Bonchev–Trinajstić information content (AvgIpc) is 2.54. The number of carbonyl (C=O) groups excluding carboxylic acids is 2. The average molecular weight is 287 g/mol. The Bertz CT molecular complexity index is 547. The highest BCUT2D eigenvalue weighted by molar-refractivity contribution is 6.02. The smallest absolute Gasteiger partial charge is 0.251 e. The first-order chi connectivity index (χ1) is 10.2. The fourth-order valence-corrected chi connectivity index (χ4v) is 3.06. The Morgan fingerprint density at radius 2 is 2.24 bits per heavy atom. The Kier molecular flexibility index (Phi) is 4.34. The van der Waals surface area contributed by atoms with Crippen molar-refractivity contribution in [3.05, 3.63) is 34.9 Å². The summed E-state index contributed by atoms with van der Waals surface area (Å²) in [6.07, 6.45) is 5.71. The summed E-state index contributed by atoms with van der Waals surface area (Å²) in [7, 11) is 0. The van der Waals surface area contributed by atoms with E-state index < -0.39 is 0 Å². The van der Waals surface area contributed by atoms with Crippen LogP contribution in [0.5, 0.6) is 0 Å². The van der Waals surface area contributed by atoms with Gasteiger partial charge >= 0.3 is 0 Å². The van der Waals surface area contributed by atoms with Crippen molar-refractivity contribution >= 4 is 11.7 Å². The molecule has 2 aliphatic rings. The van der Waals surface area contributed by atoms with Crippen LogP contribution in [0, 0.1) is 0 Å². The molecule has 1 amide bonds. The van der Waals surface area contributed by atoms with Gasteiger partial charge in [-0.3, -0.25) is 9.59 Å². The maximum atomic E-state index is 12.3. The number of hydrogen-bond acceptors (Lipinski definition) is 3. The highest BCUT2D eigenvalue weighted by Gasteiger charge is 2.20. The molecule has 3 rings (SSSR count). The third kappa shape index (κ3) is 3.32. The topological polar surface area (TPSA) is 55.4 Å². The molecular formula is C17H21NO3. The van der Waals surface area contributed by atoms with E-state index in [0.717, 1.165) is 37.9 Å². The van der Waals surface area contributed by atoms with Gasteiger partial charge < -0.3 is 10.1 Å². The van der Waals surface area contributed by atoms with E-state index in [1.54, 1.807) is 6.07 Å². The predicted octanol–water partition coefficient (Wildman–Crippen LogP) is 2.50. The van der Waals surface area contributed by atoms with Crippen LogP contribution in [0.2, 0.25) is 0 Å². The van der Waals surface area contributed by atoms with E-state index in [-0.39, 0.29) is 17.8 Å². The largest absolute Gasteiger partial charge is 0.378 e. The number of Topliss-reactive ketones (excluding diaryl/α,β-unsaturated/α-hetero) is 1. The Balaban J connectivity index is 1.64. The van der Waals surface area contributed by atoms with Crippen molar-refractivity contribution in [2.24, 2.45) is 0 Å². The molecule has 0 bridgehead atoms. The van der Waals surface area contributed by atoms with Gasteiger partial charge in [-0.25, -0.2) is 0 Å². The van der Waals surface area contributed by atoms with Crippen LogP contribution in [0.25, 0.3) is 0 Å². The quantitative estimate of drug-likeness (QED) is 0.866. The lowest BCUT2D eigenvalue weighted by atomic mass is 9.94. The van der Waals surface area contributed by atoms with Crippen molar-refractivity contribution in [3.63, 3.8) is 0 Å². The second-order valence-electron chi connectivity index (χ2n) is 5.83. The number of hydrogen-bond donors (Lipinski definition) is 1. The third-order valence-electron chi connectivity index (χ3n) is 4.32. The highest BCUT2D eigenvalue weighted by Crippen LogP contribution is 2.20. The number of ether oxygens (including phenoxy) is 1. The van der Waals surface area contributed by atoms with Crippen molar-refractivity contribution in [2.45, 2.75) is 44.6 Å². The first kappa shape index (κ1) is 14.3. The highest BCUT2D eigenvalue weighted by atomic mass is 16.5. The molecule has 1 saturated heterocycles.